The van der Waals surface area contributed by atoms with Crippen LogP contribution in [0.3, 0.4) is 0 Å². The van der Waals surface area contributed by atoms with Gasteiger partial charge in [0.05, 0.1) is 0 Å². The highest BCUT2D eigenvalue weighted by Gasteiger charge is 2.62. The average molecular weight is 303 g/mol. The van der Waals surface area contributed by atoms with E-state index in [2.05, 4.69) is 5.32 Å². The van der Waals surface area contributed by atoms with E-state index < -0.39 is 18.1 Å². The Balaban J connectivity index is 2.67. The van der Waals surface area contributed by atoms with Crippen molar-refractivity contribution < 1.29 is 22.0 Å². The maximum atomic E-state index is 13.7. The van der Waals surface area contributed by atoms with Gasteiger partial charge in [0.1, 0.15) is 6.04 Å². The minimum absolute atomic E-state index is 0.0685. The molecule has 0 heterocycles. The quantitative estimate of drug-likeness (QED) is 0.817. The fourth-order valence-corrected chi connectivity index (χ4v) is 2.42. The predicted octanol–water partition coefficient (Wildman–Crippen LogP) is 4.61. The number of hydrogen-bond acceptors (Lipinski definition) is 1. The van der Waals surface area contributed by atoms with Crippen LogP contribution in [0.4, 0.5) is 22.0 Å². The molecule has 2 rings (SSSR count). The summed E-state index contributed by atoms with van der Waals surface area (Å²) in [7, 11) is 1.10. The van der Waals surface area contributed by atoms with Gasteiger partial charge >= 0.3 is 12.1 Å². The molecule has 114 valence electrons. The second-order valence-electron chi connectivity index (χ2n) is 4.86. The van der Waals surface area contributed by atoms with Crippen molar-refractivity contribution in [1.82, 2.24) is 5.32 Å². The van der Waals surface area contributed by atoms with Gasteiger partial charge in [-0.2, -0.15) is 22.0 Å². The molecule has 0 radical (unpaired) electrons. The number of aryl methyl sites for hydroxylation is 1. The number of fused-ring (bicyclic) bond motifs is 1. The summed E-state index contributed by atoms with van der Waals surface area (Å²) in [6.07, 6.45) is -5.62. The van der Waals surface area contributed by atoms with Crippen LogP contribution in [0.15, 0.2) is 36.4 Å². The third-order valence-electron chi connectivity index (χ3n) is 3.52. The minimum atomic E-state index is -5.62. The number of rotatable bonds is 3. The zero-order chi connectivity index (χ0) is 15.8. The fraction of sp³-hybridized carbons (Fsp3) is 0.333. The molecule has 0 aliphatic heterocycles. The van der Waals surface area contributed by atoms with Gasteiger partial charge in [-0.25, -0.2) is 0 Å². The molecule has 2 aromatic rings. The SMILES string of the molecule is CNC(c1ccc(C)c2ccccc12)C(F)(F)C(F)(F)F. The van der Waals surface area contributed by atoms with Crippen molar-refractivity contribution in [3.05, 3.63) is 47.5 Å². The third kappa shape index (κ3) is 2.60. The molecular weight excluding hydrogens is 289 g/mol. The standard InChI is InChI=1S/C15H14F5N/c1-9-7-8-12(11-6-4-3-5-10(9)11)13(21-2)14(16,17)15(18,19)20/h3-8,13,21H,1-2H3. The topological polar surface area (TPSA) is 12.0 Å². The fourth-order valence-electron chi connectivity index (χ4n) is 2.42. The summed E-state index contributed by atoms with van der Waals surface area (Å²) in [5.74, 6) is -4.86. The van der Waals surface area contributed by atoms with Gasteiger partial charge in [-0.15, -0.1) is 0 Å². The van der Waals surface area contributed by atoms with E-state index in [9.17, 15) is 22.0 Å². The Bertz CT molecular complexity index is 648. The molecule has 2 aromatic carbocycles. The van der Waals surface area contributed by atoms with Crippen molar-refractivity contribution >= 4 is 10.8 Å². The van der Waals surface area contributed by atoms with E-state index in [4.69, 9.17) is 0 Å². The maximum Gasteiger partial charge on any atom is 0.455 e. The lowest BCUT2D eigenvalue weighted by Gasteiger charge is -2.29. The summed E-state index contributed by atoms with van der Waals surface area (Å²) < 4.78 is 65.4. The molecule has 1 N–H and O–H groups in total. The smallest absolute Gasteiger partial charge is 0.308 e. The van der Waals surface area contributed by atoms with E-state index in [-0.39, 0.29) is 5.56 Å². The summed E-state index contributed by atoms with van der Waals surface area (Å²) in [5.41, 5.74) is 0.751. The molecule has 0 bridgehead atoms. The maximum absolute atomic E-state index is 13.7. The lowest BCUT2D eigenvalue weighted by atomic mass is 9.92. The molecule has 1 nitrogen and oxygen atoms in total. The van der Waals surface area contributed by atoms with Crippen LogP contribution in [-0.4, -0.2) is 19.1 Å². The molecule has 0 amide bonds. The van der Waals surface area contributed by atoms with Crippen LogP contribution in [0.25, 0.3) is 10.8 Å². The van der Waals surface area contributed by atoms with Crippen LogP contribution >= 0.6 is 0 Å². The van der Waals surface area contributed by atoms with Gasteiger partial charge in [-0.3, -0.25) is 0 Å². The Hall–Kier alpha value is -1.69. The molecule has 0 saturated carbocycles. The van der Waals surface area contributed by atoms with Crippen LogP contribution in [0, 0.1) is 6.92 Å². The minimum Gasteiger partial charge on any atom is -0.308 e. The van der Waals surface area contributed by atoms with Crippen molar-refractivity contribution in [1.29, 1.82) is 0 Å². The summed E-state index contributed by atoms with van der Waals surface area (Å²) in [6, 6.07) is 7.32. The molecule has 1 atom stereocenters. The van der Waals surface area contributed by atoms with Crippen LogP contribution in [0.1, 0.15) is 17.2 Å². The van der Waals surface area contributed by atoms with Crippen LogP contribution in [0.5, 0.6) is 0 Å². The van der Waals surface area contributed by atoms with E-state index in [1.165, 1.54) is 6.07 Å². The zero-order valence-corrected chi connectivity index (χ0v) is 11.4. The van der Waals surface area contributed by atoms with Crippen LogP contribution in [-0.2, 0) is 0 Å². The first-order chi connectivity index (χ1) is 9.70. The average Bonchev–Trinajstić information content (AvgIpc) is 2.41. The first-order valence-electron chi connectivity index (χ1n) is 6.30. The summed E-state index contributed by atoms with van der Waals surface area (Å²) in [4.78, 5) is 0. The number of alkyl halides is 5. The first kappa shape index (κ1) is 15.7. The van der Waals surface area contributed by atoms with Gasteiger partial charge in [-0.1, -0.05) is 36.4 Å². The second kappa shape index (κ2) is 5.26. The predicted molar refractivity (Wildman–Crippen MR) is 71.5 cm³/mol. The van der Waals surface area contributed by atoms with E-state index >= 15 is 0 Å². The highest BCUT2D eigenvalue weighted by Crippen LogP contribution is 2.45. The van der Waals surface area contributed by atoms with Gasteiger partial charge in [0, 0.05) is 0 Å². The summed E-state index contributed by atoms with van der Waals surface area (Å²) in [6.45, 7) is 1.78. The monoisotopic (exact) mass is 303 g/mol. The number of benzene rings is 2. The van der Waals surface area contributed by atoms with Crippen molar-refractivity contribution in [2.24, 2.45) is 0 Å². The molecular formula is C15H14F5N. The summed E-state index contributed by atoms with van der Waals surface area (Å²) >= 11 is 0. The number of halogens is 5. The van der Waals surface area contributed by atoms with Crippen molar-refractivity contribution in [3.8, 4) is 0 Å². The third-order valence-corrected chi connectivity index (χ3v) is 3.52. The summed E-state index contributed by atoms with van der Waals surface area (Å²) in [5, 5.41) is 3.16. The van der Waals surface area contributed by atoms with E-state index in [1.54, 1.807) is 37.3 Å². The largest absolute Gasteiger partial charge is 0.455 e. The molecule has 0 aliphatic carbocycles. The first-order valence-corrected chi connectivity index (χ1v) is 6.30. The molecule has 0 fully saturated rings. The van der Waals surface area contributed by atoms with E-state index in [1.807, 2.05) is 0 Å². The second-order valence-corrected chi connectivity index (χ2v) is 4.86. The van der Waals surface area contributed by atoms with Crippen LogP contribution < -0.4 is 5.32 Å². The molecule has 0 aromatic heterocycles. The molecule has 6 heteroatoms. The molecule has 1 unspecified atom stereocenters. The van der Waals surface area contributed by atoms with Gasteiger partial charge in [0.2, 0.25) is 0 Å². The van der Waals surface area contributed by atoms with Crippen molar-refractivity contribution in [2.45, 2.75) is 25.1 Å². The van der Waals surface area contributed by atoms with Crippen molar-refractivity contribution in [2.75, 3.05) is 7.05 Å². The Morgan fingerprint density at radius 2 is 1.48 bits per heavy atom. The van der Waals surface area contributed by atoms with E-state index in [0.29, 0.717) is 10.8 Å². The lowest BCUT2D eigenvalue weighted by Crippen LogP contribution is -2.47. The Morgan fingerprint density at radius 3 is 2.00 bits per heavy atom. The lowest BCUT2D eigenvalue weighted by molar-refractivity contribution is -0.293. The molecule has 0 aliphatic rings. The van der Waals surface area contributed by atoms with Gasteiger partial charge in [0.25, 0.3) is 0 Å². The zero-order valence-electron chi connectivity index (χ0n) is 11.4. The number of hydrogen-bond donors (Lipinski definition) is 1. The Morgan fingerprint density at radius 1 is 0.905 bits per heavy atom. The van der Waals surface area contributed by atoms with Gasteiger partial charge in [0.15, 0.2) is 0 Å². The van der Waals surface area contributed by atoms with Crippen molar-refractivity contribution in [3.63, 3.8) is 0 Å². The van der Waals surface area contributed by atoms with Crippen LogP contribution in [0.2, 0.25) is 0 Å². The van der Waals surface area contributed by atoms with Gasteiger partial charge in [-0.05, 0) is 35.9 Å². The Kier molecular flexibility index (Phi) is 3.93. The molecule has 0 saturated heterocycles. The Labute approximate surface area is 118 Å². The normalized spacial score (nSPS) is 14.4. The highest BCUT2D eigenvalue weighted by molar-refractivity contribution is 5.89. The van der Waals surface area contributed by atoms with Gasteiger partial charge < -0.3 is 5.32 Å². The molecule has 21 heavy (non-hydrogen) atoms. The highest BCUT2D eigenvalue weighted by atomic mass is 19.4. The number of nitrogens with one attached hydrogen (secondary N) is 1. The van der Waals surface area contributed by atoms with E-state index in [0.717, 1.165) is 12.6 Å². The molecule has 0 spiro atoms.